The van der Waals surface area contributed by atoms with Gasteiger partial charge in [0.1, 0.15) is 0 Å². The van der Waals surface area contributed by atoms with E-state index in [0.29, 0.717) is 22.3 Å². The fraction of sp³-hybridized carbons (Fsp3) is 0.250. The molecule has 20 heavy (non-hydrogen) atoms. The third-order valence-corrected chi connectivity index (χ3v) is 2.93. The van der Waals surface area contributed by atoms with Gasteiger partial charge in [0.25, 0.3) is 0 Å². The van der Waals surface area contributed by atoms with Gasteiger partial charge in [-0.15, -0.1) is 0 Å². The number of nitrogens with one attached hydrogen (secondary N) is 1. The Hall–Kier alpha value is -1.30. The molecule has 2 aromatic rings. The molecule has 1 heterocycles. The van der Waals surface area contributed by atoms with Crippen molar-refractivity contribution in [2.45, 2.75) is 13.3 Å². The van der Waals surface area contributed by atoms with Crippen molar-refractivity contribution in [2.24, 2.45) is 0 Å². The smallest absolute Gasteiger partial charge is 0.322 e. The first-order chi connectivity index (χ1) is 9.58. The van der Waals surface area contributed by atoms with E-state index in [1.165, 1.54) is 0 Å². The van der Waals surface area contributed by atoms with Crippen molar-refractivity contribution in [1.29, 1.82) is 0 Å². The van der Waals surface area contributed by atoms with Gasteiger partial charge >= 0.3 is 6.01 Å². The summed E-state index contributed by atoms with van der Waals surface area (Å²) in [7, 11) is 0. The van der Waals surface area contributed by atoms with Crippen molar-refractivity contribution in [3.05, 3.63) is 33.5 Å². The van der Waals surface area contributed by atoms with E-state index < -0.39 is 0 Å². The summed E-state index contributed by atoms with van der Waals surface area (Å²) in [5, 5.41) is 3.99. The molecule has 5 nitrogen and oxygen atoms in total. The molecule has 1 aromatic heterocycles. The van der Waals surface area contributed by atoms with E-state index >= 15 is 0 Å². The van der Waals surface area contributed by atoms with Crippen LogP contribution in [0.2, 0.25) is 15.3 Å². The van der Waals surface area contributed by atoms with Crippen LogP contribution in [0.1, 0.15) is 13.3 Å². The van der Waals surface area contributed by atoms with Crippen LogP contribution in [0.4, 0.5) is 11.6 Å². The molecule has 0 saturated carbocycles. The maximum Gasteiger partial charge on any atom is 0.322 e. The van der Waals surface area contributed by atoms with Gasteiger partial charge < -0.3 is 10.1 Å². The molecule has 2 rings (SSSR count). The number of benzene rings is 1. The van der Waals surface area contributed by atoms with Crippen molar-refractivity contribution in [1.82, 2.24) is 15.0 Å². The number of nitrogens with zero attached hydrogens (tertiary/aromatic N) is 3. The highest BCUT2D eigenvalue weighted by Gasteiger charge is 2.08. The van der Waals surface area contributed by atoms with Gasteiger partial charge in [0, 0.05) is 5.02 Å². The van der Waals surface area contributed by atoms with Crippen LogP contribution in [0, 0.1) is 0 Å². The highest BCUT2D eigenvalue weighted by Crippen LogP contribution is 2.27. The number of hydrogen-bond acceptors (Lipinski definition) is 5. The summed E-state index contributed by atoms with van der Waals surface area (Å²) in [5.74, 6) is 0.236. The van der Waals surface area contributed by atoms with Crippen molar-refractivity contribution in [3.8, 4) is 6.01 Å². The highest BCUT2D eigenvalue weighted by atomic mass is 35.5. The second kappa shape index (κ2) is 6.92. The molecule has 0 amide bonds. The summed E-state index contributed by atoms with van der Waals surface area (Å²) < 4.78 is 5.32. The Morgan fingerprint density at radius 2 is 1.95 bits per heavy atom. The van der Waals surface area contributed by atoms with Crippen molar-refractivity contribution in [3.63, 3.8) is 0 Å². The van der Waals surface area contributed by atoms with Gasteiger partial charge in [0.15, 0.2) is 0 Å². The summed E-state index contributed by atoms with van der Waals surface area (Å²) in [4.78, 5) is 11.9. The van der Waals surface area contributed by atoms with E-state index in [-0.39, 0.29) is 17.2 Å². The number of ether oxygens (including phenoxy) is 1. The van der Waals surface area contributed by atoms with Crippen LogP contribution in [0.25, 0.3) is 0 Å². The Morgan fingerprint density at radius 1 is 1.15 bits per heavy atom. The second-order valence-corrected chi connectivity index (χ2v) is 4.99. The molecule has 0 atom stereocenters. The minimum atomic E-state index is 0.0340. The zero-order valence-corrected chi connectivity index (χ0v) is 12.8. The van der Waals surface area contributed by atoms with Crippen molar-refractivity contribution < 1.29 is 4.74 Å². The minimum absolute atomic E-state index is 0.0340. The topological polar surface area (TPSA) is 59.9 Å². The predicted molar refractivity (Wildman–Crippen MR) is 80.4 cm³/mol. The largest absolute Gasteiger partial charge is 0.463 e. The SMILES string of the molecule is CCCOc1nc(Cl)nc(Nc2cc(Cl)ccc2Cl)n1. The van der Waals surface area contributed by atoms with Crippen LogP contribution in [0.3, 0.4) is 0 Å². The number of anilines is 2. The fourth-order valence-corrected chi connectivity index (χ4v) is 1.85. The molecule has 106 valence electrons. The van der Waals surface area contributed by atoms with Gasteiger partial charge in [0.05, 0.1) is 17.3 Å². The van der Waals surface area contributed by atoms with Crippen LogP contribution < -0.4 is 10.1 Å². The fourth-order valence-electron chi connectivity index (χ4n) is 1.36. The third kappa shape index (κ3) is 4.10. The quantitative estimate of drug-likeness (QED) is 0.880. The lowest BCUT2D eigenvalue weighted by atomic mass is 10.3. The Bertz CT molecular complexity index is 609. The van der Waals surface area contributed by atoms with Crippen molar-refractivity contribution in [2.75, 3.05) is 11.9 Å². The molecule has 0 saturated heterocycles. The van der Waals surface area contributed by atoms with Crippen LogP contribution in [0.5, 0.6) is 6.01 Å². The van der Waals surface area contributed by atoms with E-state index in [1.54, 1.807) is 18.2 Å². The standard InChI is InChI=1S/C12H11Cl3N4O/c1-2-5-20-12-18-10(15)17-11(19-12)16-9-6-7(13)3-4-8(9)14/h3-4,6H,2,5H2,1H3,(H,16,17,18,19). The molecule has 0 aliphatic carbocycles. The average molecular weight is 334 g/mol. The lowest BCUT2D eigenvalue weighted by Gasteiger charge is -2.09. The number of hydrogen-bond donors (Lipinski definition) is 1. The Balaban J connectivity index is 2.24. The van der Waals surface area contributed by atoms with Gasteiger partial charge in [-0.1, -0.05) is 30.1 Å². The molecule has 0 aliphatic heterocycles. The Morgan fingerprint density at radius 3 is 2.70 bits per heavy atom. The molecular weight excluding hydrogens is 323 g/mol. The van der Waals surface area contributed by atoms with Crippen molar-refractivity contribution >= 4 is 46.4 Å². The van der Waals surface area contributed by atoms with Gasteiger partial charge in [0.2, 0.25) is 11.2 Å². The third-order valence-electron chi connectivity index (χ3n) is 2.20. The summed E-state index contributed by atoms with van der Waals surface area (Å²) in [6.07, 6.45) is 0.839. The number of halogens is 3. The van der Waals surface area contributed by atoms with Gasteiger partial charge in [-0.2, -0.15) is 15.0 Å². The van der Waals surface area contributed by atoms with E-state index in [9.17, 15) is 0 Å². The normalized spacial score (nSPS) is 10.4. The van der Waals surface area contributed by atoms with E-state index in [0.717, 1.165) is 6.42 Å². The Labute approximate surface area is 131 Å². The van der Waals surface area contributed by atoms with Crippen LogP contribution in [-0.2, 0) is 0 Å². The molecule has 0 fully saturated rings. The average Bonchev–Trinajstić information content (AvgIpc) is 2.40. The summed E-state index contributed by atoms with van der Waals surface area (Å²) in [5.41, 5.74) is 0.572. The molecule has 0 spiro atoms. The molecule has 1 N–H and O–H groups in total. The summed E-state index contributed by atoms with van der Waals surface area (Å²) in [6.45, 7) is 2.48. The maximum absolute atomic E-state index is 6.05. The summed E-state index contributed by atoms with van der Waals surface area (Å²) >= 11 is 17.8. The lowest BCUT2D eigenvalue weighted by molar-refractivity contribution is 0.292. The number of aromatic nitrogens is 3. The zero-order valence-electron chi connectivity index (χ0n) is 10.5. The monoisotopic (exact) mass is 332 g/mol. The number of rotatable bonds is 5. The molecule has 1 aromatic carbocycles. The van der Waals surface area contributed by atoms with E-state index in [2.05, 4.69) is 20.3 Å². The second-order valence-electron chi connectivity index (χ2n) is 3.81. The first kappa shape index (κ1) is 15.1. The highest BCUT2D eigenvalue weighted by molar-refractivity contribution is 6.35. The van der Waals surface area contributed by atoms with E-state index in [1.807, 2.05) is 6.92 Å². The van der Waals surface area contributed by atoms with Crippen LogP contribution in [0.15, 0.2) is 18.2 Å². The maximum atomic E-state index is 6.05. The molecule has 8 heteroatoms. The summed E-state index contributed by atoms with van der Waals surface area (Å²) in [6, 6.07) is 5.18. The van der Waals surface area contributed by atoms with Gasteiger partial charge in [-0.3, -0.25) is 0 Å². The zero-order chi connectivity index (χ0) is 14.5. The Kier molecular flexibility index (Phi) is 5.23. The van der Waals surface area contributed by atoms with Crippen LogP contribution in [-0.4, -0.2) is 21.6 Å². The predicted octanol–water partition coefficient (Wildman–Crippen LogP) is 4.36. The molecule has 0 radical (unpaired) electrons. The van der Waals surface area contributed by atoms with Gasteiger partial charge in [-0.05, 0) is 36.2 Å². The molecular formula is C12H11Cl3N4O. The van der Waals surface area contributed by atoms with E-state index in [4.69, 9.17) is 39.5 Å². The first-order valence-electron chi connectivity index (χ1n) is 5.85. The molecule has 0 aliphatic rings. The van der Waals surface area contributed by atoms with Gasteiger partial charge in [-0.25, -0.2) is 0 Å². The molecule has 0 bridgehead atoms. The molecule has 0 unspecified atom stereocenters. The van der Waals surface area contributed by atoms with Crippen LogP contribution >= 0.6 is 34.8 Å². The minimum Gasteiger partial charge on any atom is -0.463 e. The first-order valence-corrected chi connectivity index (χ1v) is 6.98. The lowest BCUT2D eigenvalue weighted by Crippen LogP contribution is -2.05.